The van der Waals surface area contributed by atoms with Crippen LogP contribution in [0.5, 0.6) is 0 Å². The minimum absolute atomic E-state index is 0.0771. The van der Waals surface area contributed by atoms with Gasteiger partial charge in [0, 0.05) is 25.4 Å². The Balaban J connectivity index is 1.69. The van der Waals surface area contributed by atoms with Crippen LogP contribution >= 0.6 is 0 Å². The van der Waals surface area contributed by atoms with Crippen molar-refractivity contribution in [2.45, 2.75) is 32.6 Å². The number of fused-ring (bicyclic) bond motifs is 1. The van der Waals surface area contributed by atoms with Crippen molar-refractivity contribution < 1.29 is 9.21 Å². The number of nitrogens with zero attached hydrogens (tertiary/aromatic N) is 2. The van der Waals surface area contributed by atoms with Crippen molar-refractivity contribution in [2.24, 2.45) is 0 Å². The van der Waals surface area contributed by atoms with Crippen LogP contribution in [0.3, 0.4) is 0 Å². The predicted octanol–water partition coefficient (Wildman–Crippen LogP) is 3.55. The molecule has 0 unspecified atom stereocenters. The molecule has 0 saturated carbocycles. The van der Waals surface area contributed by atoms with Crippen LogP contribution < -0.4 is 0 Å². The first-order valence-corrected chi connectivity index (χ1v) is 8.69. The van der Waals surface area contributed by atoms with Gasteiger partial charge in [0.15, 0.2) is 0 Å². The Morgan fingerprint density at radius 2 is 2.00 bits per heavy atom. The molecule has 0 radical (unpaired) electrons. The molecule has 1 aromatic heterocycles. The number of furan rings is 1. The van der Waals surface area contributed by atoms with Gasteiger partial charge in [-0.2, -0.15) is 0 Å². The van der Waals surface area contributed by atoms with Gasteiger partial charge < -0.3 is 14.2 Å². The Morgan fingerprint density at radius 3 is 2.74 bits per heavy atom. The maximum Gasteiger partial charge on any atom is 0.257 e. The van der Waals surface area contributed by atoms with Crippen molar-refractivity contribution in [2.75, 3.05) is 33.2 Å². The number of hydrogen-bond donors (Lipinski definition) is 0. The first-order chi connectivity index (χ1) is 11.2. The van der Waals surface area contributed by atoms with E-state index in [-0.39, 0.29) is 5.91 Å². The Kier molecular flexibility index (Phi) is 5.01. The summed E-state index contributed by atoms with van der Waals surface area (Å²) in [7, 11) is 1.90. The molecular formula is C19H26N2O2. The average molecular weight is 314 g/mol. The largest absolute Gasteiger partial charge is 0.460 e. The van der Waals surface area contributed by atoms with E-state index in [1.54, 1.807) is 0 Å². The molecule has 0 bridgehead atoms. The van der Waals surface area contributed by atoms with E-state index in [0.29, 0.717) is 0 Å². The molecule has 0 atom stereocenters. The van der Waals surface area contributed by atoms with Gasteiger partial charge in [-0.3, -0.25) is 4.79 Å². The molecule has 2 heterocycles. The highest BCUT2D eigenvalue weighted by Gasteiger charge is 2.22. The molecule has 4 nitrogen and oxygen atoms in total. The van der Waals surface area contributed by atoms with E-state index in [1.165, 1.54) is 25.9 Å². The molecule has 23 heavy (non-hydrogen) atoms. The summed E-state index contributed by atoms with van der Waals surface area (Å²) in [6.07, 6.45) is 4.39. The fourth-order valence-corrected chi connectivity index (χ4v) is 3.41. The number of rotatable bonds is 6. The van der Waals surface area contributed by atoms with Crippen LogP contribution in [0.4, 0.5) is 0 Å². The van der Waals surface area contributed by atoms with Crippen LogP contribution in [0.2, 0.25) is 0 Å². The Bertz CT molecular complexity index is 671. The number of benzene rings is 1. The summed E-state index contributed by atoms with van der Waals surface area (Å²) in [5, 5.41) is 0.931. The normalized spacial score (nSPS) is 15.4. The molecule has 1 aliphatic rings. The fourth-order valence-electron chi connectivity index (χ4n) is 3.41. The van der Waals surface area contributed by atoms with E-state index in [2.05, 4.69) is 4.90 Å². The number of para-hydroxylation sites is 1. The monoisotopic (exact) mass is 314 g/mol. The summed E-state index contributed by atoms with van der Waals surface area (Å²) >= 11 is 0. The highest BCUT2D eigenvalue weighted by atomic mass is 16.3. The number of carbonyl (C=O) groups is 1. The van der Waals surface area contributed by atoms with E-state index >= 15 is 0 Å². The molecule has 1 aromatic carbocycles. The molecular weight excluding hydrogens is 288 g/mol. The van der Waals surface area contributed by atoms with Gasteiger partial charge in [0.1, 0.15) is 11.3 Å². The van der Waals surface area contributed by atoms with Crippen molar-refractivity contribution in [1.82, 2.24) is 9.80 Å². The number of likely N-dealkylation sites (tertiary alicyclic amines) is 1. The number of hydrogen-bond acceptors (Lipinski definition) is 3. The standard InChI is InChI=1S/C19H26N2O2/c1-3-16-18(15-9-4-5-10-17(15)23-16)19(22)20(2)11-8-14-21-12-6-7-13-21/h4-5,9-10H,3,6-8,11-14H2,1-2H3. The zero-order valence-electron chi connectivity index (χ0n) is 14.2. The first kappa shape index (κ1) is 16.1. The molecule has 0 spiro atoms. The summed E-state index contributed by atoms with van der Waals surface area (Å²) in [5.41, 5.74) is 1.55. The van der Waals surface area contributed by atoms with Gasteiger partial charge >= 0.3 is 0 Å². The topological polar surface area (TPSA) is 36.7 Å². The molecule has 1 fully saturated rings. The Labute approximate surface area is 138 Å². The summed E-state index contributed by atoms with van der Waals surface area (Å²) < 4.78 is 5.85. The smallest absolute Gasteiger partial charge is 0.257 e. The van der Waals surface area contributed by atoms with E-state index in [9.17, 15) is 4.79 Å². The molecule has 124 valence electrons. The van der Waals surface area contributed by atoms with Crippen LogP contribution in [0.1, 0.15) is 42.3 Å². The van der Waals surface area contributed by atoms with Gasteiger partial charge in [-0.25, -0.2) is 0 Å². The maximum atomic E-state index is 12.9. The fraction of sp³-hybridized carbons (Fsp3) is 0.526. The van der Waals surface area contributed by atoms with Gasteiger partial charge in [-0.05, 0) is 45.0 Å². The summed E-state index contributed by atoms with van der Waals surface area (Å²) in [6.45, 7) is 6.33. The molecule has 0 aliphatic carbocycles. The van der Waals surface area contributed by atoms with Crippen LogP contribution in [-0.2, 0) is 6.42 Å². The third-order valence-corrected chi connectivity index (χ3v) is 4.72. The number of aryl methyl sites for hydroxylation is 1. The molecule has 0 N–H and O–H groups in total. The van der Waals surface area contributed by atoms with Gasteiger partial charge in [-0.15, -0.1) is 0 Å². The zero-order chi connectivity index (χ0) is 16.2. The van der Waals surface area contributed by atoms with Gasteiger partial charge in [0.25, 0.3) is 5.91 Å². The van der Waals surface area contributed by atoms with Crippen molar-refractivity contribution in [1.29, 1.82) is 0 Å². The minimum Gasteiger partial charge on any atom is -0.460 e. The molecule has 1 saturated heterocycles. The Morgan fingerprint density at radius 1 is 1.26 bits per heavy atom. The first-order valence-electron chi connectivity index (χ1n) is 8.69. The molecule has 2 aromatic rings. The Hall–Kier alpha value is -1.81. The molecule has 3 rings (SSSR count). The van der Waals surface area contributed by atoms with E-state index < -0.39 is 0 Å². The lowest BCUT2D eigenvalue weighted by atomic mass is 10.1. The van der Waals surface area contributed by atoms with E-state index in [1.807, 2.05) is 43.1 Å². The third-order valence-electron chi connectivity index (χ3n) is 4.72. The SMILES string of the molecule is CCc1oc2ccccc2c1C(=O)N(C)CCCN1CCCC1. The summed E-state index contributed by atoms with van der Waals surface area (Å²) in [6, 6.07) is 7.81. The van der Waals surface area contributed by atoms with Crippen molar-refractivity contribution in [3.05, 3.63) is 35.6 Å². The van der Waals surface area contributed by atoms with Crippen LogP contribution in [0.25, 0.3) is 11.0 Å². The second-order valence-electron chi connectivity index (χ2n) is 6.38. The number of carbonyl (C=O) groups excluding carboxylic acids is 1. The van der Waals surface area contributed by atoms with E-state index in [0.717, 1.165) is 48.2 Å². The van der Waals surface area contributed by atoms with Gasteiger partial charge in [0.05, 0.1) is 5.56 Å². The second kappa shape index (κ2) is 7.18. The highest BCUT2D eigenvalue weighted by molar-refractivity contribution is 6.07. The second-order valence-corrected chi connectivity index (χ2v) is 6.38. The van der Waals surface area contributed by atoms with Crippen LogP contribution in [0.15, 0.2) is 28.7 Å². The van der Waals surface area contributed by atoms with Crippen molar-refractivity contribution in [3.8, 4) is 0 Å². The predicted molar refractivity (Wildman–Crippen MR) is 92.8 cm³/mol. The maximum absolute atomic E-state index is 12.9. The van der Waals surface area contributed by atoms with Gasteiger partial charge in [0.2, 0.25) is 0 Å². The zero-order valence-corrected chi connectivity index (χ0v) is 14.2. The number of amides is 1. The molecule has 4 heteroatoms. The lowest BCUT2D eigenvalue weighted by molar-refractivity contribution is 0.0789. The summed E-state index contributed by atoms with van der Waals surface area (Å²) in [4.78, 5) is 17.2. The van der Waals surface area contributed by atoms with Crippen LogP contribution in [-0.4, -0.2) is 48.9 Å². The average Bonchev–Trinajstić information content (AvgIpc) is 3.20. The van der Waals surface area contributed by atoms with E-state index in [4.69, 9.17) is 4.42 Å². The third kappa shape index (κ3) is 3.42. The molecule has 1 amide bonds. The quantitative estimate of drug-likeness (QED) is 0.818. The lowest BCUT2D eigenvalue weighted by Crippen LogP contribution is -2.31. The lowest BCUT2D eigenvalue weighted by Gasteiger charge is -2.20. The van der Waals surface area contributed by atoms with Crippen molar-refractivity contribution >= 4 is 16.9 Å². The van der Waals surface area contributed by atoms with Gasteiger partial charge in [-0.1, -0.05) is 25.1 Å². The minimum atomic E-state index is 0.0771. The molecule has 1 aliphatic heterocycles. The van der Waals surface area contributed by atoms with Crippen molar-refractivity contribution in [3.63, 3.8) is 0 Å². The highest BCUT2D eigenvalue weighted by Crippen LogP contribution is 2.27. The summed E-state index contributed by atoms with van der Waals surface area (Å²) in [5.74, 6) is 0.871. The van der Waals surface area contributed by atoms with Crippen LogP contribution in [0, 0.1) is 0 Å².